The number of furan rings is 1. The number of benzene rings is 2. The lowest BCUT2D eigenvalue weighted by Gasteiger charge is -2.04. The Kier molecular flexibility index (Phi) is 4.34. The van der Waals surface area contributed by atoms with E-state index in [9.17, 15) is 4.79 Å². The molecule has 0 aliphatic rings. The van der Waals surface area contributed by atoms with Gasteiger partial charge in [0, 0.05) is 5.56 Å². The number of para-hydroxylation sites is 1. The summed E-state index contributed by atoms with van der Waals surface area (Å²) < 4.78 is 6.79. The third-order valence-corrected chi connectivity index (χ3v) is 5.33. The predicted molar refractivity (Wildman–Crippen MR) is 113 cm³/mol. The highest BCUT2D eigenvalue weighted by molar-refractivity contribution is 7.21. The minimum Gasteiger partial charge on any atom is -0.448 e. The molecule has 6 nitrogen and oxygen atoms in total. The van der Waals surface area contributed by atoms with Crippen molar-refractivity contribution >= 4 is 33.1 Å². The summed E-state index contributed by atoms with van der Waals surface area (Å²) in [7, 11) is 0. The van der Waals surface area contributed by atoms with Crippen LogP contribution in [-0.4, -0.2) is 20.9 Å². The number of aromatic nitrogens is 3. The van der Waals surface area contributed by atoms with Crippen molar-refractivity contribution in [1.29, 1.82) is 0 Å². The van der Waals surface area contributed by atoms with Crippen molar-refractivity contribution in [3.63, 3.8) is 0 Å². The largest absolute Gasteiger partial charge is 0.448 e. The number of hydrogen-bond acceptors (Lipinski definition) is 6. The van der Waals surface area contributed by atoms with E-state index in [-0.39, 0.29) is 11.7 Å². The van der Waals surface area contributed by atoms with Gasteiger partial charge in [0.2, 0.25) is 0 Å². The second-order valence-corrected chi connectivity index (χ2v) is 7.30. The maximum atomic E-state index is 12.5. The molecule has 0 bridgehead atoms. The number of nitrogens with zero attached hydrogens (tertiary/aromatic N) is 3. The smallest absolute Gasteiger partial charge is 0.291 e. The van der Waals surface area contributed by atoms with Crippen LogP contribution in [0, 0.1) is 0 Å². The number of nitrogens with one attached hydrogen (secondary N) is 1. The van der Waals surface area contributed by atoms with Crippen LogP contribution in [0.2, 0.25) is 0 Å². The standard InChI is InChI=1S/C22H14N4O2S/c27-21(25-15-12-23-20(24-13-15)14-6-2-1-3-7-14)17-10-11-18(28-17)22-26-16-8-4-5-9-19(16)29-22/h1-13H,(H,25,27). The van der Waals surface area contributed by atoms with E-state index in [1.165, 1.54) is 11.3 Å². The summed E-state index contributed by atoms with van der Waals surface area (Å²) in [4.78, 5) is 25.7. The summed E-state index contributed by atoms with van der Waals surface area (Å²) in [6, 6.07) is 20.9. The topological polar surface area (TPSA) is 80.9 Å². The Balaban J connectivity index is 1.32. The monoisotopic (exact) mass is 398 g/mol. The fourth-order valence-electron chi connectivity index (χ4n) is 2.87. The molecule has 1 amide bonds. The first-order valence-electron chi connectivity index (χ1n) is 8.91. The van der Waals surface area contributed by atoms with Gasteiger partial charge in [-0.1, -0.05) is 42.5 Å². The van der Waals surface area contributed by atoms with Gasteiger partial charge in [0.15, 0.2) is 22.4 Å². The van der Waals surface area contributed by atoms with Crippen molar-refractivity contribution in [2.45, 2.75) is 0 Å². The van der Waals surface area contributed by atoms with Crippen LogP contribution < -0.4 is 5.32 Å². The van der Waals surface area contributed by atoms with Gasteiger partial charge < -0.3 is 9.73 Å². The Morgan fingerprint density at radius 1 is 0.897 bits per heavy atom. The van der Waals surface area contributed by atoms with E-state index in [4.69, 9.17) is 4.42 Å². The van der Waals surface area contributed by atoms with Crippen molar-refractivity contribution in [2.75, 3.05) is 5.32 Å². The van der Waals surface area contributed by atoms with Gasteiger partial charge in [0.1, 0.15) is 0 Å². The minimum absolute atomic E-state index is 0.200. The van der Waals surface area contributed by atoms with Crippen molar-refractivity contribution in [2.24, 2.45) is 0 Å². The molecule has 3 aromatic heterocycles. The Morgan fingerprint density at radius 3 is 2.45 bits per heavy atom. The molecular weight excluding hydrogens is 384 g/mol. The second-order valence-electron chi connectivity index (χ2n) is 6.27. The van der Waals surface area contributed by atoms with Crippen LogP contribution in [0.5, 0.6) is 0 Å². The van der Waals surface area contributed by atoms with Gasteiger partial charge in [-0.2, -0.15) is 0 Å². The Morgan fingerprint density at radius 2 is 1.66 bits per heavy atom. The number of hydrogen-bond donors (Lipinski definition) is 1. The number of fused-ring (bicyclic) bond motifs is 1. The predicted octanol–water partition coefficient (Wildman–Crippen LogP) is 5.27. The van der Waals surface area contributed by atoms with E-state index in [2.05, 4.69) is 20.3 Å². The van der Waals surface area contributed by atoms with Gasteiger partial charge in [-0.25, -0.2) is 15.0 Å². The molecule has 3 heterocycles. The van der Waals surface area contributed by atoms with Crippen LogP contribution in [0.15, 0.2) is 83.5 Å². The van der Waals surface area contributed by atoms with Crippen molar-refractivity contribution in [3.05, 3.63) is 84.9 Å². The van der Waals surface area contributed by atoms with E-state index in [1.54, 1.807) is 24.5 Å². The zero-order valence-corrected chi connectivity index (χ0v) is 15.9. The van der Waals surface area contributed by atoms with E-state index >= 15 is 0 Å². The summed E-state index contributed by atoms with van der Waals surface area (Å²) in [5.74, 6) is 0.992. The Hall–Kier alpha value is -3.84. The lowest BCUT2D eigenvalue weighted by Crippen LogP contribution is -2.11. The minimum atomic E-state index is -0.367. The van der Waals surface area contributed by atoms with Crippen LogP contribution in [0.25, 0.3) is 32.4 Å². The molecule has 0 aliphatic heterocycles. The first-order chi connectivity index (χ1) is 14.3. The number of thiazole rings is 1. The fraction of sp³-hybridized carbons (Fsp3) is 0. The summed E-state index contributed by atoms with van der Waals surface area (Å²) in [5, 5.41) is 3.49. The maximum Gasteiger partial charge on any atom is 0.291 e. The number of anilines is 1. The highest BCUT2D eigenvalue weighted by Gasteiger charge is 2.15. The third-order valence-electron chi connectivity index (χ3n) is 4.28. The summed E-state index contributed by atoms with van der Waals surface area (Å²) in [5.41, 5.74) is 2.31. The molecule has 140 valence electrons. The quantitative estimate of drug-likeness (QED) is 0.446. The number of carbonyl (C=O) groups excluding carboxylic acids is 1. The summed E-state index contributed by atoms with van der Waals surface area (Å²) in [6.45, 7) is 0. The molecule has 5 rings (SSSR count). The first-order valence-corrected chi connectivity index (χ1v) is 9.72. The van der Waals surface area contributed by atoms with Gasteiger partial charge >= 0.3 is 0 Å². The normalized spacial score (nSPS) is 10.9. The van der Waals surface area contributed by atoms with Crippen LogP contribution >= 0.6 is 11.3 Å². The van der Waals surface area contributed by atoms with Gasteiger partial charge in [0.25, 0.3) is 5.91 Å². The molecule has 0 aliphatic carbocycles. The number of rotatable bonds is 4. The van der Waals surface area contributed by atoms with Crippen molar-refractivity contribution in [3.8, 4) is 22.2 Å². The average molecular weight is 398 g/mol. The van der Waals surface area contributed by atoms with Crippen LogP contribution in [0.1, 0.15) is 10.6 Å². The Bertz CT molecular complexity index is 1260. The number of amides is 1. The highest BCUT2D eigenvalue weighted by Crippen LogP contribution is 2.31. The zero-order chi connectivity index (χ0) is 19.6. The van der Waals surface area contributed by atoms with E-state index in [1.807, 2.05) is 54.6 Å². The molecule has 0 fully saturated rings. The summed E-state index contributed by atoms with van der Waals surface area (Å²) in [6.07, 6.45) is 3.15. The molecule has 0 spiro atoms. The summed E-state index contributed by atoms with van der Waals surface area (Å²) >= 11 is 1.52. The van der Waals surface area contributed by atoms with Crippen molar-refractivity contribution < 1.29 is 9.21 Å². The lowest BCUT2D eigenvalue weighted by molar-refractivity contribution is 0.0997. The average Bonchev–Trinajstić information content (AvgIpc) is 3.42. The molecule has 1 N–H and O–H groups in total. The SMILES string of the molecule is O=C(Nc1cnc(-c2ccccc2)nc1)c1ccc(-c2nc3ccccc3s2)o1. The number of carbonyl (C=O) groups is 1. The highest BCUT2D eigenvalue weighted by atomic mass is 32.1. The van der Waals surface area contributed by atoms with Gasteiger partial charge in [0.05, 0.1) is 28.3 Å². The maximum absolute atomic E-state index is 12.5. The molecule has 0 atom stereocenters. The fourth-order valence-corrected chi connectivity index (χ4v) is 3.80. The third kappa shape index (κ3) is 3.51. The van der Waals surface area contributed by atoms with E-state index in [0.717, 1.165) is 20.8 Å². The molecular formula is C22H14N4O2S. The van der Waals surface area contributed by atoms with E-state index < -0.39 is 0 Å². The van der Waals surface area contributed by atoms with Gasteiger partial charge in [-0.15, -0.1) is 11.3 Å². The molecule has 0 saturated carbocycles. The molecule has 7 heteroatoms. The van der Waals surface area contributed by atoms with Crippen LogP contribution in [-0.2, 0) is 0 Å². The molecule has 29 heavy (non-hydrogen) atoms. The first kappa shape index (κ1) is 17.3. The molecule has 5 aromatic rings. The molecule has 2 aromatic carbocycles. The Labute approximate surface area is 169 Å². The molecule has 0 unspecified atom stereocenters. The van der Waals surface area contributed by atoms with Crippen LogP contribution in [0.4, 0.5) is 5.69 Å². The van der Waals surface area contributed by atoms with Crippen LogP contribution in [0.3, 0.4) is 0 Å². The van der Waals surface area contributed by atoms with Crippen molar-refractivity contribution in [1.82, 2.24) is 15.0 Å². The van der Waals surface area contributed by atoms with Gasteiger partial charge in [-0.3, -0.25) is 4.79 Å². The van der Waals surface area contributed by atoms with Gasteiger partial charge in [-0.05, 0) is 24.3 Å². The zero-order valence-electron chi connectivity index (χ0n) is 15.1. The molecule has 0 radical (unpaired) electrons. The van der Waals surface area contributed by atoms with E-state index in [0.29, 0.717) is 17.3 Å². The molecule has 0 saturated heterocycles. The lowest BCUT2D eigenvalue weighted by atomic mass is 10.2. The second kappa shape index (κ2) is 7.29.